The van der Waals surface area contributed by atoms with Crippen LogP contribution in [0, 0.1) is 6.92 Å². The summed E-state index contributed by atoms with van der Waals surface area (Å²) in [6.07, 6.45) is 2.06. The topological polar surface area (TPSA) is 55.8 Å². The van der Waals surface area contributed by atoms with Gasteiger partial charge in [0.1, 0.15) is 0 Å². The molecule has 5 nitrogen and oxygen atoms in total. The molecule has 156 valence electrons. The average Bonchev–Trinajstić information content (AvgIpc) is 2.74. The number of ether oxygens (including phenoxy) is 2. The van der Waals surface area contributed by atoms with E-state index in [0.29, 0.717) is 40.6 Å². The molecule has 1 aliphatic heterocycles. The van der Waals surface area contributed by atoms with Crippen molar-refractivity contribution in [3.05, 3.63) is 63.8 Å². The molecule has 0 spiro atoms. The number of anilines is 1. The summed E-state index contributed by atoms with van der Waals surface area (Å²) in [5.41, 5.74) is 3.92. The number of rotatable bonds is 4. The van der Waals surface area contributed by atoms with Crippen molar-refractivity contribution in [2.45, 2.75) is 38.5 Å². The van der Waals surface area contributed by atoms with Gasteiger partial charge in [-0.05, 0) is 43.5 Å². The van der Waals surface area contributed by atoms with Crippen LogP contribution in [0.5, 0.6) is 11.5 Å². The molecule has 1 aliphatic carbocycles. The molecule has 0 N–H and O–H groups in total. The fourth-order valence-corrected chi connectivity index (χ4v) is 4.64. The number of hydrogen-bond donors (Lipinski definition) is 0. The van der Waals surface area contributed by atoms with E-state index in [1.54, 1.807) is 25.2 Å². The molecule has 0 aromatic heterocycles. The third-order valence-corrected chi connectivity index (χ3v) is 6.30. The molecule has 0 saturated carbocycles. The summed E-state index contributed by atoms with van der Waals surface area (Å²) in [4.78, 5) is 28.1. The average molecular weight is 426 g/mol. The lowest BCUT2D eigenvalue weighted by Crippen LogP contribution is -2.40. The summed E-state index contributed by atoms with van der Waals surface area (Å²) < 4.78 is 11.0. The van der Waals surface area contributed by atoms with Crippen LogP contribution in [0.2, 0.25) is 5.02 Å². The highest BCUT2D eigenvalue weighted by molar-refractivity contribution is 6.31. The summed E-state index contributed by atoms with van der Waals surface area (Å²) >= 11 is 6.33. The van der Waals surface area contributed by atoms with Crippen LogP contribution in [-0.4, -0.2) is 25.9 Å². The first kappa shape index (κ1) is 20.5. The highest BCUT2D eigenvalue weighted by Gasteiger charge is 2.41. The minimum Gasteiger partial charge on any atom is -0.493 e. The van der Waals surface area contributed by atoms with Crippen LogP contribution in [0.15, 0.2) is 47.7 Å². The number of benzene rings is 2. The predicted molar refractivity (Wildman–Crippen MR) is 116 cm³/mol. The molecule has 2 aromatic rings. The quantitative estimate of drug-likeness (QED) is 0.676. The van der Waals surface area contributed by atoms with Crippen molar-refractivity contribution in [2.24, 2.45) is 0 Å². The van der Waals surface area contributed by atoms with E-state index in [0.717, 1.165) is 23.2 Å². The Morgan fingerprint density at radius 1 is 1.07 bits per heavy atom. The van der Waals surface area contributed by atoms with E-state index in [-0.39, 0.29) is 24.0 Å². The lowest BCUT2D eigenvalue weighted by atomic mass is 9.76. The lowest BCUT2D eigenvalue weighted by Gasteiger charge is -2.38. The molecule has 1 amide bonds. The SMILES string of the molecule is COc1cccc(C2CC(=O)N(c3ccc(C)c(Cl)c3)C3=C2C(=O)CCC3)c1OC. The van der Waals surface area contributed by atoms with Gasteiger partial charge in [0.05, 0.1) is 19.9 Å². The fraction of sp³-hybridized carbons (Fsp3) is 0.333. The van der Waals surface area contributed by atoms with Crippen LogP contribution in [0.1, 0.15) is 42.7 Å². The largest absolute Gasteiger partial charge is 0.493 e. The number of halogens is 1. The maximum atomic E-state index is 13.4. The summed E-state index contributed by atoms with van der Waals surface area (Å²) in [7, 11) is 3.15. The molecule has 0 fully saturated rings. The number of aryl methyl sites for hydroxylation is 1. The molecular weight excluding hydrogens is 402 g/mol. The number of methoxy groups -OCH3 is 2. The van der Waals surface area contributed by atoms with Gasteiger partial charge in [0.2, 0.25) is 5.91 Å². The zero-order chi connectivity index (χ0) is 21.4. The van der Waals surface area contributed by atoms with Crippen LogP contribution >= 0.6 is 11.6 Å². The van der Waals surface area contributed by atoms with E-state index >= 15 is 0 Å². The van der Waals surface area contributed by atoms with E-state index < -0.39 is 0 Å². The predicted octanol–water partition coefficient (Wildman–Crippen LogP) is 5.19. The zero-order valence-corrected chi connectivity index (χ0v) is 18.1. The second-order valence-corrected chi connectivity index (χ2v) is 8.05. The van der Waals surface area contributed by atoms with Gasteiger partial charge < -0.3 is 9.47 Å². The maximum absolute atomic E-state index is 13.4. The van der Waals surface area contributed by atoms with Gasteiger partial charge in [-0.3, -0.25) is 14.5 Å². The van der Waals surface area contributed by atoms with E-state index in [4.69, 9.17) is 21.1 Å². The number of carbonyl (C=O) groups excluding carboxylic acids is 2. The summed E-state index contributed by atoms with van der Waals surface area (Å²) in [6.45, 7) is 1.92. The normalized spacial score (nSPS) is 19.1. The highest BCUT2D eigenvalue weighted by Crippen LogP contribution is 2.47. The van der Waals surface area contributed by atoms with Crippen molar-refractivity contribution in [2.75, 3.05) is 19.1 Å². The van der Waals surface area contributed by atoms with Crippen LogP contribution in [0.25, 0.3) is 0 Å². The molecular formula is C24H24ClNO4. The number of hydrogen-bond acceptors (Lipinski definition) is 4. The highest BCUT2D eigenvalue weighted by atomic mass is 35.5. The molecule has 30 heavy (non-hydrogen) atoms. The number of amides is 1. The second kappa shape index (κ2) is 8.15. The number of nitrogens with zero attached hydrogens (tertiary/aromatic N) is 1. The molecule has 2 aromatic carbocycles. The van der Waals surface area contributed by atoms with Crippen LogP contribution < -0.4 is 14.4 Å². The van der Waals surface area contributed by atoms with Gasteiger partial charge in [0, 0.05) is 40.6 Å². The molecule has 0 radical (unpaired) electrons. The molecule has 1 unspecified atom stereocenters. The van der Waals surface area contributed by atoms with Gasteiger partial charge in [-0.1, -0.05) is 29.8 Å². The number of Topliss-reactive ketones (excluding diaryl/α,β-unsaturated/α-hetero) is 1. The van der Waals surface area contributed by atoms with Crippen molar-refractivity contribution in [1.82, 2.24) is 0 Å². The first-order valence-corrected chi connectivity index (χ1v) is 10.4. The Kier molecular flexibility index (Phi) is 5.56. The molecule has 4 rings (SSSR count). The van der Waals surface area contributed by atoms with Gasteiger partial charge in [-0.25, -0.2) is 0 Å². The summed E-state index contributed by atoms with van der Waals surface area (Å²) in [6, 6.07) is 11.2. The third kappa shape index (κ3) is 3.37. The minimum atomic E-state index is -0.359. The lowest BCUT2D eigenvalue weighted by molar-refractivity contribution is -0.119. The second-order valence-electron chi connectivity index (χ2n) is 7.64. The zero-order valence-electron chi connectivity index (χ0n) is 17.3. The number of para-hydroxylation sites is 1. The van der Waals surface area contributed by atoms with Crippen LogP contribution in [-0.2, 0) is 9.59 Å². The molecule has 2 aliphatic rings. The maximum Gasteiger partial charge on any atom is 0.232 e. The smallest absolute Gasteiger partial charge is 0.232 e. The monoisotopic (exact) mass is 425 g/mol. The van der Waals surface area contributed by atoms with Crippen molar-refractivity contribution >= 4 is 29.0 Å². The third-order valence-electron chi connectivity index (χ3n) is 5.90. The van der Waals surface area contributed by atoms with Gasteiger partial charge >= 0.3 is 0 Å². The van der Waals surface area contributed by atoms with E-state index in [1.165, 1.54) is 0 Å². The Hall–Kier alpha value is -2.79. The Balaban J connectivity index is 1.89. The van der Waals surface area contributed by atoms with Crippen LogP contribution in [0.3, 0.4) is 0 Å². The van der Waals surface area contributed by atoms with Gasteiger partial charge in [0.25, 0.3) is 0 Å². The Labute approximate surface area is 181 Å². The Morgan fingerprint density at radius 2 is 1.87 bits per heavy atom. The first-order valence-electron chi connectivity index (χ1n) is 10.0. The van der Waals surface area contributed by atoms with Gasteiger partial charge in [-0.15, -0.1) is 0 Å². The molecule has 0 bridgehead atoms. The molecule has 1 heterocycles. The van der Waals surface area contributed by atoms with E-state index in [1.807, 2.05) is 37.3 Å². The molecule has 1 atom stereocenters. The Morgan fingerprint density at radius 3 is 2.57 bits per heavy atom. The van der Waals surface area contributed by atoms with E-state index in [2.05, 4.69) is 0 Å². The molecule has 6 heteroatoms. The first-order chi connectivity index (χ1) is 14.5. The summed E-state index contributed by atoms with van der Waals surface area (Å²) in [5, 5.41) is 0.598. The van der Waals surface area contributed by atoms with Crippen molar-refractivity contribution in [3.63, 3.8) is 0 Å². The fourth-order valence-electron chi connectivity index (χ4n) is 4.47. The summed E-state index contributed by atoms with van der Waals surface area (Å²) in [5.74, 6) is 0.818. The number of carbonyl (C=O) groups is 2. The minimum absolute atomic E-state index is 0.0572. The number of allylic oxidation sites excluding steroid dienone is 2. The van der Waals surface area contributed by atoms with Crippen LogP contribution in [0.4, 0.5) is 5.69 Å². The standard InChI is InChI=1S/C24H24ClNO4/c1-14-10-11-15(12-18(14)25)26-19-7-5-8-20(27)23(19)17(13-22(26)28)16-6-4-9-21(29-2)24(16)30-3/h4,6,9-12,17H,5,7-8,13H2,1-3H3. The van der Waals surface area contributed by atoms with Crippen molar-refractivity contribution in [3.8, 4) is 11.5 Å². The van der Waals surface area contributed by atoms with Gasteiger partial charge in [-0.2, -0.15) is 0 Å². The Bertz CT molecular complexity index is 1060. The van der Waals surface area contributed by atoms with Gasteiger partial charge in [0.15, 0.2) is 17.3 Å². The molecule has 0 saturated heterocycles. The number of ketones is 1. The van der Waals surface area contributed by atoms with Crippen molar-refractivity contribution in [1.29, 1.82) is 0 Å². The van der Waals surface area contributed by atoms with E-state index in [9.17, 15) is 9.59 Å². The van der Waals surface area contributed by atoms with Crippen molar-refractivity contribution < 1.29 is 19.1 Å².